The van der Waals surface area contributed by atoms with E-state index in [4.69, 9.17) is 0 Å². The average molecular weight is 219 g/mol. The molecule has 0 aliphatic heterocycles. The molecule has 0 bridgehead atoms. The van der Waals surface area contributed by atoms with Crippen LogP contribution in [0.25, 0.3) is 0 Å². The molecule has 0 radical (unpaired) electrons. The highest BCUT2D eigenvalue weighted by atomic mass is 16.1. The average Bonchev–Trinajstić information content (AvgIpc) is 2.92. The number of hydrogen-bond donors (Lipinski definition) is 0. The maximum atomic E-state index is 11.8. The minimum atomic E-state index is 0.167. The van der Waals surface area contributed by atoms with Gasteiger partial charge in [0.15, 0.2) is 5.78 Å². The van der Waals surface area contributed by atoms with Crippen LogP contribution in [-0.2, 0) is 11.8 Å². The van der Waals surface area contributed by atoms with Crippen molar-refractivity contribution >= 4 is 5.78 Å². The molecule has 1 heterocycles. The third-order valence-corrected chi connectivity index (χ3v) is 2.85. The standard InChI is InChI=1S/C12H17N3O/c1-14(2)5-4-12(16)11-6-10(11)9-7-13-15(3)8-9/h4-5,7-8,10-11H,6H2,1-3H3/b5-4+/t10-,11+/m0/s1. The molecule has 0 spiro atoms. The predicted octanol–water partition coefficient (Wildman–Crippen LogP) is 1.17. The molecule has 1 aromatic rings. The maximum absolute atomic E-state index is 11.8. The number of ketones is 1. The summed E-state index contributed by atoms with van der Waals surface area (Å²) < 4.78 is 1.78. The highest BCUT2D eigenvalue weighted by Gasteiger charge is 2.43. The number of rotatable bonds is 4. The summed E-state index contributed by atoms with van der Waals surface area (Å²) in [6, 6.07) is 0. The highest BCUT2D eigenvalue weighted by Crippen LogP contribution is 2.47. The van der Waals surface area contributed by atoms with Gasteiger partial charge in [-0.15, -0.1) is 0 Å². The monoisotopic (exact) mass is 219 g/mol. The Bertz CT molecular complexity index is 420. The van der Waals surface area contributed by atoms with Crippen LogP contribution < -0.4 is 0 Å². The molecule has 0 amide bonds. The molecule has 86 valence electrons. The lowest BCUT2D eigenvalue weighted by atomic mass is 10.1. The predicted molar refractivity (Wildman–Crippen MR) is 61.9 cm³/mol. The van der Waals surface area contributed by atoms with Crippen molar-refractivity contribution in [2.24, 2.45) is 13.0 Å². The van der Waals surface area contributed by atoms with Crippen LogP contribution in [0.5, 0.6) is 0 Å². The normalized spacial score (nSPS) is 23.7. The van der Waals surface area contributed by atoms with Gasteiger partial charge in [0.25, 0.3) is 0 Å². The van der Waals surface area contributed by atoms with E-state index < -0.39 is 0 Å². The Balaban J connectivity index is 1.94. The van der Waals surface area contributed by atoms with Crippen molar-refractivity contribution in [2.75, 3.05) is 14.1 Å². The van der Waals surface area contributed by atoms with Crippen LogP contribution >= 0.6 is 0 Å². The van der Waals surface area contributed by atoms with E-state index >= 15 is 0 Å². The second-order valence-electron chi connectivity index (χ2n) is 4.58. The molecule has 1 saturated carbocycles. The van der Waals surface area contributed by atoms with Crippen molar-refractivity contribution in [1.82, 2.24) is 14.7 Å². The van der Waals surface area contributed by atoms with E-state index in [0.29, 0.717) is 5.92 Å². The SMILES string of the molecule is CN(C)/C=C/C(=O)[C@@H]1C[C@H]1c1cnn(C)c1. The van der Waals surface area contributed by atoms with Gasteiger partial charge in [0.05, 0.1) is 6.20 Å². The number of carbonyl (C=O) groups excluding carboxylic acids is 1. The first-order valence-electron chi connectivity index (χ1n) is 5.45. The Morgan fingerprint density at radius 1 is 1.62 bits per heavy atom. The number of carbonyl (C=O) groups is 1. The van der Waals surface area contributed by atoms with Gasteiger partial charge in [-0.05, 0) is 24.0 Å². The van der Waals surface area contributed by atoms with Crippen LogP contribution in [0.4, 0.5) is 0 Å². The van der Waals surface area contributed by atoms with Crippen molar-refractivity contribution in [1.29, 1.82) is 0 Å². The van der Waals surface area contributed by atoms with E-state index in [1.54, 1.807) is 17.0 Å². The van der Waals surface area contributed by atoms with Crippen molar-refractivity contribution < 1.29 is 4.79 Å². The topological polar surface area (TPSA) is 38.1 Å². The van der Waals surface area contributed by atoms with Gasteiger partial charge in [-0.25, -0.2) is 0 Å². The van der Waals surface area contributed by atoms with Gasteiger partial charge in [-0.3, -0.25) is 9.48 Å². The van der Waals surface area contributed by atoms with Gasteiger partial charge in [0, 0.05) is 39.5 Å². The number of aromatic nitrogens is 2. The molecule has 1 aliphatic carbocycles. The lowest BCUT2D eigenvalue weighted by Crippen LogP contribution is -2.04. The third-order valence-electron chi connectivity index (χ3n) is 2.85. The largest absolute Gasteiger partial charge is 0.383 e. The van der Waals surface area contributed by atoms with Crippen molar-refractivity contribution in [3.05, 3.63) is 30.2 Å². The molecule has 0 saturated heterocycles. The van der Waals surface area contributed by atoms with E-state index in [0.717, 1.165) is 6.42 Å². The lowest BCUT2D eigenvalue weighted by molar-refractivity contribution is -0.115. The maximum Gasteiger partial charge on any atom is 0.160 e. The minimum Gasteiger partial charge on any atom is -0.383 e. The minimum absolute atomic E-state index is 0.167. The van der Waals surface area contributed by atoms with Crippen LogP contribution in [0.15, 0.2) is 24.7 Å². The van der Waals surface area contributed by atoms with Gasteiger partial charge in [0.2, 0.25) is 0 Å². The van der Waals surface area contributed by atoms with Crippen LogP contribution in [0, 0.1) is 5.92 Å². The molecule has 1 aromatic heterocycles. The van der Waals surface area contributed by atoms with Crippen LogP contribution in [0.3, 0.4) is 0 Å². The van der Waals surface area contributed by atoms with Gasteiger partial charge in [0.1, 0.15) is 0 Å². The number of hydrogen-bond acceptors (Lipinski definition) is 3. The smallest absolute Gasteiger partial charge is 0.160 e. The Morgan fingerprint density at radius 2 is 2.38 bits per heavy atom. The summed E-state index contributed by atoms with van der Waals surface area (Å²) >= 11 is 0. The molecule has 2 atom stereocenters. The molecule has 16 heavy (non-hydrogen) atoms. The fourth-order valence-electron chi connectivity index (χ4n) is 1.86. The van der Waals surface area contributed by atoms with E-state index in [9.17, 15) is 4.79 Å². The molecule has 4 heteroatoms. The Morgan fingerprint density at radius 3 is 2.94 bits per heavy atom. The second kappa shape index (κ2) is 4.12. The van der Waals surface area contributed by atoms with E-state index in [1.165, 1.54) is 5.56 Å². The van der Waals surface area contributed by atoms with E-state index in [1.807, 2.05) is 38.4 Å². The zero-order valence-corrected chi connectivity index (χ0v) is 9.92. The zero-order valence-electron chi connectivity index (χ0n) is 9.92. The first-order chi connectivity index (χ1) is 7.58. The summed E-state index contributed by atoms with van der Waals surface area (Å²) in [6.07, 6.45) is 8.28. The van der Waals surface area contributed by atoms with Crippen molar-refractivity contribution in [2.45, 2.75) is 12.3 Å². The molecule has 4 nitrogen and oxygen atoms in total. The molecule has 0 N–H and O–H groups in total. The summed E-state index contributed by atoms with van der Waals surface area (Å²) in [4.78, 5) is 13.6. The van der Waals surface area contributed by atoms with Crippen molar-refractivity contribution in [3.63, 3.8) is 0 Å². The van der Waals surface area contributed by atoms with Crippen molar-refractivity contribution in [3.8, 4) is 0 Å². The van der Waals surface area contributed by atoms with Gasteiger partial charge in [-0.2, -0.15) is 5.10 Å². The Labute approximate surface area is 95.5 Å². The fourth-order valence-corrected chi connectivity index (χ4v) is 1.86. The Hall–Kier alpha value is -1.58. The van der Waals surface area contributed by atoms with Crippen LogP contribution in [0.2, 0.25) is 0 Å². The lowest BCUT2D eigenvalue weighted by Gasteiger charge is -2.02. The van der Waals surface area contributed by atoms with Gasteiger partial charge in [-0.1, -0.05) is 0 Å². The van der Waals surface area contributed by atoms with Crippen LogP contribution in [0.1, 0.15) is 17.9 Å². The van der Waals surface area contributed by atoms with E-state index in [-0.39, 0.29) is 11.7 Å². The highest BCUT2D eigenvalue weighted by molar-refractivity contribution is 5.94. The molecular weight excluding hydrogens is 202 g/mol. The fraction of sp³-hybridized carbons (Fsp3) is 0.500. The molecule has 1 fully saturated rings. The Kier molecular flexibility index (Phi) is 2.81. The summed E-state index contributed by atoms with van der Waals surface area (Å²) in [5.74, 6) is 0.774. The number of nitrogens with zero attached hydrogens (tertiary/aromatic N) is 3. The summed E-state index contributed by atoms with van der Waals surface area (Å²) in [7, 11) is 5.72. The molecule has 2 rings (SSSR count). The summed E-state index contributed by atoms with van der Waals surface area (Å²) in [6.45, 7) is 0. The number of allylic oxidation sites excluding steroid dienone is 1. The third kappa shape index (κ3) is 2.32. The van der Waals surface area contributed by atoms with E-state index in [2.05, 4.69) is 5.10 Å². The van der Waals surface area contributed by atoms with Crippen LogP contribution in [-0.4, -0.2) is 34.6 Å². The number of aryl methyl sites for hydroxylation is 1. The molecule has 0 aromatic carbocycles. The quantitative estimate of drug-likeness (QED) is 0.713. The second-order valence-corrected chi connectivity index (χ2v) is 4.58. The zero-order chi connectivity index (χ0) is 11.7. The summed E-state index contributed by atoms with van der Waals surface area (Å²) in [5, 5.41) is 4.12. The van der Waals surface area contributed by atoms with Gasteiger partial charge < -0.3 is 4.90 Å². The summed E-state index contributed by atoms with van der Waals surface area (Å²) in [5.41, 5.74) is 1.18. The molecular formula is C12H17N3O. The molecule has 0 unspecified atom stereocenters. The van der Waals surface area contributed by atoms with Gasteiger partial charge >= 0.3 is 0 Å². The first-order valence-corrected chi connectivity index (χ1v) is 5.45. The first kappa shape index (κ1) is 10.9. The molecule has 1 aliphatic rings.